The van der Waals surface area contributed by atoms with Crippen LogP contribution in [0.15, 0.2) is 0 Å². The summed E-state index contributed by atoms with van der Waals surface area (Å²) < 4.78 is 1.52. The standard InChI is InChI=1S/C6H9N3OS.ClH/c1-4(10)3-9-6(7)11-5(2)8-9;/h7H,3H2,1-2H3;1H. The van der Waals surface area contributed by atoms with Gasteiger partial charge in [0.25, 0.3) is 0 Å². The van der Waals surface area contributed by atoms with Gasteiger partial charge in [0.05, 0.1) is 0 Å². The van der Waals surface area contributed by atoms with Gasteiger partial charge < -0.3 is 12.4 Å². The van der Waals surface area contributed by atoms with Gasteiger partial charge in [-0.1, -0.05) is 5.10 Å². The summed E-state index contributed by atoms with van der Waals surface area (Å²) in [6, 6.07) is 0. The lowest BCUT2D eigenvalue weighted by atomic mass is 10.5. The highest BCUT2D eigenvalue weighted by molar-refractivity contribution is 7.14. The van der Waals surface area contributed by atoms with E-state index in [9.17, 15) is 4.79 Å². The lowest BCUT2D eigenvalue weighted by molar-refractivity contribution is -0.724. The van der Waals surface area contributed by atoms with Gasteiger partial charge in [-0.25, -0.2) is 0 Å². The summed E-state index contributed by atoms with van der Waals surface area (Å²) in [4.78, 5) is 10.7. The zero-order chi connectivity index (χ0) is 8.43. The fraction of sp³-hybridized carbons (Fsp3) is 0.500. The Hall–Kier alpha value is -0.680. The van der Waals surface area contributed by atoms with Gasteiger partial charge in [-0.05, 0) is 25.2 Å². The molecule has 1 rings (SSSR count). The lowest BCUT2D eigenvalue weighted by Gasteiger charge is -1.87. The highest BCUT2D eigenvalue weighted by atomic mass is 35.5. The number of aromatic nitrogens is 2. The Morgan fingerprint density at radius 1 is 1.75 bits per heavy atom. The van der Waals surface area contributed by atoms with Crippen molar-refractivity contribution in [1.82, 2.24) is 5.10 Å². The van der Waals surface area contributed by atoms with Crippen molar-refractivity contribution < 1.29 is 21.9 Å². The molecule has 0 fully saturated rings. The van der Waals surface area contributed by atoms with Crippen LogP contribution in [0.25, 0.3) is 0 Å². The SMILES string of the molecule is CC(=O)C[n+]1nc(C)sc1N.[Cl-]. The quantitative estimate of drug-likeness (QED) is 0.524. The van der Waals surface area contributed by atoms with Crippen LogP contribution in [0.2, 0.25) is 0 Å². The molecule has 1 heterocycles. The number of halogens is 1. The predicted octanol–water partition coefficient (Wildman–Crippen LogP) is -3.09. The van der Waals surface area contributed by atoms with Crippen molar-refractivity contribution in [1.29, 1.82) is 0 Å². The summed E-state index contributed by atoms with van der Waals surface area (Å²) in [5.41, 5.74) is 5.56. The molecule has 0 unspecified atom stereocenters. The fourth-order valence-electron chi connectivity index (χ4n) is 0.768. The number of hydrogen-bond acceptors (Lipinski definition) is 4. The highest BCUT2D eigenvalue weighted by Gasteiger charge is 2.11. The summed E-state index contributed by atoms with van der Waals surface area (Å²) >= 11 is 1.39. The average molecular weight is 208 g/mol. The van der Waals surface area contributed by atoms with Crippen LogP contribution in [0.5, 0.6) is 0 Å². The van der Waals surface area contributed by atoms with E-state index in [1.54, 1.807) is 0 Å². The van der Waals surface area contributed by atoms with Gasteiger partial charge in [0, 0.05) is 0 Å². The van der Waals surface area contributed by atoms with E-state index in [0.29, 0.717) is 5.13 Å². The van der Waals surface area contributed by atoms with Crippen LogP contribution in [-0.2, 0) is 11.3 Å². The molecule has 0 radical (unpaired) electrons. The Balaban J connectivity index is 0.00000121. The van der Waals surface area contributed by atoms with E-state index >= 15 is 0 Å². The van der Waals surface area contributed by atoms with Gasteiger partial charge in [-0.15, -0.1) is 4.68 Å². The molecule has 4 nitrogen and oxygen atoms in total. The fourth-order valence-corrected chi connectivity index (χ4v) is 1.42. The minimum absolute atomic E-state index is 0. The van der Waals surface area contributed by atoms with Crippen molar-refractivity contribution in [2.24, 2.45) is 0 Å². The molecule has 0 saturated carbocycles. The Labute approximate surface area is 80.8 Å². The van der Waals surface area contributed by atoms with E-state index in [0.717, 1.165) is 5.01 Å². The van der Waals surface area contributed by atoms with E-state index in [4.69, 9.17) is 5.73 Å². The van der Waals surface area contributed by atoms with E-state index in [-0.39, 0.29) is 24.7 Å². The Kier molecular flexibility index (Phi) is 4.12. The largest absolute Gasteiger partial charge is 1.00 e. The molecule has 0 aliphatic heterocycles. The normalized spacial score (nSPS) is 9.17. The average Bonchev–Trinajstić information content (AvgIpc) is 2.09. The van der Waals surface area contributed by atoms with E-state index < -0.39 is 0 Å². The molecule has 0 aliphatic carbocycles. The molecule has 0 saturated heterocycles. The summed E-state index contributed by atoms with van der Waals surface area (Å²) in [6.45, 7) is 3.65. The molecular weight excluding hydrogens is 198 g/mol. The van der Waals surface area contributed by atoms with Crippen molar-refractivity contribution >= 4 is 22.3 Å². The number of hydrogen-bond donors (Lipinski definition) is 1. The second-order valence-electron chi connectivity index (χ2n) is 2.32. The molecule has 0 amide bonds. The van der Waals surface area contributed by atoms with Crippen LogP contribution in [0, 0.1) is 6.92 Å². The first-order valence-electron chi connectivity index (χ1n) is 3.22. The second-order valence-corrected chi connectivity index (χ2v) is 3.53. The van der Waals surface area contributed by atoms with Gasteiger partial charge in [-0.3, -0.25) is 10.5 Å². The maximum absolute atomic E-state index is 10.7. The number of carbonyl (C=O) groups is 1. The van der Waals surface area contributed by atoms with Gasteiger partial charge in [0.15, 0.2) is 12.3 Å². The van der Waals surface area contributed by atoms with Gasteiger partial charge in [-0.2, -0.15) is 0 Å². The number of aryl methyl sites for hydroxylation is 1. The Morgan fingerprint density at radius 2 is 2.33 bits per heavy atom. The zero-order valence-corrected chi connectivity index (χ0v) is 8.45. The van der Waals surface area contributed by atoms with Crippen LogP contribution < -0.4 is 22.8 Å². The monoisotopic (exact) mass is 207 g/mol. The number of nitrogens with zero attached hydrogens (tertiary/aromatic N) is 2. The molecule has 68 valence electrons. The molecule has 0 aromatic carbocycles. The molecule has 2 N–H and O–H groups in total. The first kappa shape index (κ1) is 11.3. The van der Waals surface area contributed by atoms with Crippen molar-refractivity contribution in [3.63, 3.8) is 0 Å². The van der Waals surface area contributed by atoms with Crippen molar-refractivity contribution in [3.05, 3.63) is 5.01 Å². The number of rotatable bonds is 2. The minimum Gasteiger partial charge on any atom is -1.00 e. The number of nitrogens with two attached hydrogens (primary N) is 1. The maximum atomic E-state index is 10.7. The van der Waals surface area contributed by atoms with Crippen LogP contribution in [0.3, 0.4) is 0 Å². The predicted molar refractivity (Wildman–Crippen MR) is 42.1 cm³/mol. The summed E-state index contributed by atoms with van der Waals surface area (Å²) in [7, 11) is 0. The van der Waals surface area contributed by atoms with Crippen LogP contribution in [0.4, 0.5) is 5.13 Å². The second kappa shape index (κ2) is 4.37. The topological polar surface area (TPSA) is 59.9 Å². The van der Waals surface area contributed by atoms with E-state index in [1.165, 1.54) is 22.9 Å². The molecule has 0 aliphatic rings. The van der Waals surface area contributed by atoms with Crippen LogP contribution >= 0.6 is 11.3 Å². The minimum atomic E-state index is 0. The van der Waals surface area contributed by atoms with Gasteiger partial charge >= 0.3 is 5.13 Å². The van der Waals surface area contributed by atoms with Crippen molar-refractivity contribution in [3.8, 4) is 0 Å². The lowest BCUT2D eigenvalue weighted by Crippen LogP contribution is -3.00. The Morgan fingerprint density at radius 3 is 2.67 bits per heavy atom. The van der Waals surface area contributed by atoms with E-state index in [1.807, 2.05) is 6.92 Å². The number of Topliss-reactive ketones (excluding diaryl/α,β-unsaturated/α-hetero) is 1. The summed E-state index contributed by atoms with van der Waals surface area (Å²) in [5, 5.41) is 5.50. The third kappa shape index (κ3) is 2.75. The molecule has 1 aromatic heterocycles. The zero-order valence-electron chi connectivity index (χ0n) is 6.87. The highest BCUT2D eigenvalue weighted by Crippen LogP contribution is 2.06. The number of carbonyl (C=O) groups excluding carboxylic acids is 1. The summed E-state index contributed by atoms with van der Waals surface area (Å²) in [6.07, 6.45) is 0. The summed E-state index contributed by atoms with van der Waals surface area (Å²) in [5.74, 6) is 0.0620. The third-order valence-electron chi connectivity index (χ3n) is 1.14. The molecule has 0 atom stereocenters. The number of anilines is 1. The molecule has 1 aromatic rings. The first-order valence-corrected chi connectivity index (χ1v) is 4.03. The maximum Gasteiger partial charge on any atom is 0.354 e. The molecule has 0 spiro atoms. The Bertz CT molecular complexity index is 286. The molecule has 0 bridgehead atoms. The molecular formula is C6H10ClN3OS. The number of nitrogen functional groups attached to an aromatic ring is 1. The molecule has 12 heavy (non-hydrogen) atoms. The van der Waals surface area contributed by atoms with E-state index in [2.05, 4.69) is 5.10 Å². The van der Waals surface area contributed by atoms with Gasteiger partial charge in [0.1, 0.15) is 5.01 Å². The van der Waals surface area contributed by atoms with Crippen LogP contribution in [0.1, 0.15) is 11.9 Å². The van der Waals surface area contributed by atoms with Crippen molar-refractivity contribution in [2.45, 2.75) is 20.4 Å². The first-order chi connectivity index (χ1) is 5.09. The van der Waals surface area contributed by atoms with Gasteiger partial charge in [0.2, 0.25) is 0 Å². The third-order valence-corrected chi connectivity index (χ3v) is 1.94. The number of ketones is 1. The van der Waals surface area contributed by atoms with Crippen molar-refractivity contribution in [2.75, 3.05) is 5.73 Å². The molecule has 6 heteroatoms. The van der Waals surface area contributed by atoms with Crippen LogP contribution in [-0.4, -0.2) is 10.9 Å². The smallest absolute Gasteiger partial charge is 0.354 e.